The Morgan fingerprint density at radius 3 is 1.43 bits per heavy atom. The fourth-order valence-corrected chi connectivity index (χ4v) is 6.40. The lowest BCUT2D eigenvalue weighted by molar-refractivity contribution is -0.00297. The molecule has 0 aliphatic heterocycles. The maximum atomic E-state index is 9.18. The molecule has 4 saturated carbocycles. The summed E-state index contributed by atoms with van der Waals surface area (Å²) < 4.78 is 10.8. The van der Waals surface area contributed by atoms with Crippen LogP contribution >= 0.6 is 0 Å². The Hall–Kier alpha value is -1.00. The second kappa shape index (κ2) is 10.7. The summed E-state index contributed by atoms with van der Waals surface area (Å²) in [4.78, 5) is 0. The van der Waals surface area contributed by atoms with Crippen LogP contribution in [-0.4, -0.2) is 36.6 Å². The van der Waals surface area contributed by atoms with Crippen molar-refractivity contribution in [3.63, 3.8) is 0 Å². The van der Waals surface area contributed by atoms with Gasteiger partial charge in [0.2, 0.25) is 0 Å². The van der Waals surface area contributed by atoms with Gasteiger partial charge < -0.3 is 19.7 Å². The first-order valence-electron chi connectivity index (χ1n) is 10.3. The number of hydrogen-bond donors (Lipinski definition) is 2. The number of hydrogen-bond acceptors (Lipinski definition) is 4. The third-order valence-corrected chi connectivity index (χ3v) is 7.81. The Labute approximate surface area is 173 Å². The first kappa shape index (κ1) is 25.0. The van der Waals surface area contributed by atoms with E-state index in [4.69, 9.17) is 9.47 Å². The zero-order chi connectivity index (χ0) is 18.6. The molecule has 0 amide bonds. The zero-order valence-corrected chi connectivity index (χ0v) is 16.1. The molecule has 4 aliphatic carbocycles. The smallest absolute Gasteiger partial charge is 0.0964 e. The van der Waals surface area contributed by atoms with Gasteiger partial charge in [-0.3, -0.25) is 0 Å². The monoisotopic (exact) mass is 396 g/mol. The summed E-state index contributed by atoms with van der Waals surface area (Å²) in [5.74, 6) is 3.10. The van der Waals surface area contributed by atoms with Crippen LogP contribution in [0.3, 0.4) is 0 Å². The number of aliphatic hydroxyl groups excluding tert-OH is 2. The van der Waals surface area contributed by atoms with Crippen molar-refractivity contribution in [2.45, 2.75) is 66.2 Å². The normalized spacial score (nSPS) is 32.4. The molecule has 0 radical (unpaired) electrons. The van der Waals surface area contributed by atoms with Gasteiger partial charge in [-0.15, -0.1) is 0 Å². The van der Waals surface area contributed by atoms with Gasteiger partial charge in [-0.2, -0.15) is 0 Å². The van der Waals surface area contributed by atoms with Crippen molar-refractivity contribution in [2.24, 2.45) is 34.5 Å². The van der Waals surface area contributed by atoms with Gasteiger partial charge in [-0.25, -0.2) is 0 Å². The van der Waals surface area contributed by atoms with Crippen LogP contribution in [0.4, 0.5) is 0 Å². The van der Waals surface area contributed by atoms with Crippen molar-refractivity contribution in [3.8, 4) is 0 Å². The number of ether oxygens (including phenoxy) is 2. The summed E-state index contributed by atoms with van der Waals surface area (Å²) >= 11 is 0. The maximum absolute atomic E-state index is 9.18. The van der Waals surface area contributed by atoms with Gasteiger partial charge in [0.1, 0.15) is 0 Å². The summed E-state index contributed by atoms with van der Waals surface area (Å²) in [7, 11) is 0. The highest BCUT2D eigenvalue weighted by molar-refractivity contribution is 5.01. The van der Waals surface area contributed by atoms with Gasteiger partial charge >= 0.3 is 0 Å². The number of rotatable bonds is 8. The standard InChI is InChI=1S/C13H20O2.C9H16O2.2CH4/c1-3-14-9-13(10-15-4-2)8-11-5-6-12(13)7-11;10-5-9(6-11)4-7-1-2-8(9)3-7;;/h3-4,11-12H,1-2,5-10H2;7-8,10-11H,1-6H2;2*1H4. The molecule has 28 heavy (non-hydrogen) atoms. The first-order chi connectivity index (χ1) is 12.6. The Kier molecular flexibility index (Phi) is 9.55. The lowest BCUT2D eigenvalue weighted by Gasteiger charge is -2.36. The van der Waals surface area contributed by atoms with Gasteiger partial charge in [0.05, 0.1) is 39.0 Å². The van der Waals surface area contributed by atoms with E-state index < -0.39 is 0 Å². The number of aliphatic hydroxyl groups is 2. The molecule has 4 heteroatoms. The molecule has 4 atom stereocenters. The van der Waals surface area contributed by atoms with E-state index in [1.165, 1.54) is 44.9 Å². The van der Waals surface area contributed by atoms with E-state index in [1.807, 2.05) is 0 Å². The van der Waals surface area contributed by atoms with Crippen molar-refractivity contribution < 1.29 is 19.7 Å². The summed E-state index contributed by atoms with van der Waals surface area (Å²) in [6.07, 6.45) is 13.3. The average molecular weight is 397 g/mol. The molecule has 164 valence electrons. The lowest BCUT2D eigenvalue weighted by atomic mass is 9.74. The van der Waals surface area contributed by atoms with Gasteiger partial charge in [-0.1, -0.05) is 40.9 Å². The molecule has 0 spiro atoms. The second-order valence-corrected chi connectivity index (χ2v) is 9.16. The van der Waals surface area contributed by atoms with Crippen molar-refractivity contribution >= 4 is 0 Å². The lowest BCUT2D eigenvalue weighted by Crippen LogP contribution is -2.36. The molecule has 4 rings (SSSR count). The fourth-order valence-electron chi connectivity index (χ4n) is 6.40. The second-order valence-electron chi connectivity index (χ2n) is 9.16. The molecule has 4 nitrogen and oxygen atoms in total. The summed E-state index contributed by atoms with van der Waals surface area (Å²) in [5.41, 5.74) is 0.133. The predicted octanol–water partition coefficient (Wildman–Crippen LogP) is 5.16. The molecule has 4 aliphatic rings. The van der Waals surface area contributed by atoms with E-state index in [0.717, 1.165) is 37.4 Å². The zero-order valence-electron chi connectivity index (χ0n) is 16.1. The Morgan fingerprint density at radius 1 is 0.750 bits per heavy atom. The average Bonchev–Trinajstić information content (AvgIpc) is 3.45. The Bertz CT molecular complexity index is 473. The molecular formula is C24H44O4. The minimum absolute atomic E-state index is 0. The molecule has 0 aromatic rings. The molecule has 0 aromatic carbocycles. The summed E-state index contributed by atoms with van der Waals surface area (Å²) in [5, 5.41) is 18.4. The first-order valence-corrected chi connectivity index (χ1v) is 10.3. The van der Waals surface area contributed by atoms with Gasteiger partial charge in [0.25, 0.3) is 0 Å². The topological polar surface area (TPSA) is 58.9 Å². The minimum atomic E-state index is -0.0943. The predicted molar refractivity (Wildman–Crippen MR) is 116 cm³/mol. The molecule has 4 unspecified atom stereocenters. The molecule has 4 fully saturated rings. The van der Waals surface area contributed by atoms with Crippen LogP contribution < -0.4 is 0 Å². The Balaban J connectivity index is 0.000000271. The maximum Gasteiger partial charge on any atom is 0.0964 e. The van der Waals surface area contributed by atoms with Crippen LogP contribution in [0, 0.1) is 34.5 Å². The van der Waals surface area contributed by atoms with Crippen molar-refractivity contribution in [1.82, 2.24) is 0 Å². The molecule has 4 bridgehead atoms. The summed E-state index contributed by atoms with van der Waals surface area (Å²) in [6, 6.07) is 0. The summed E-state index contributed by atoms with van der Waals surface area (Å²) in [6.45, 7) is 9.11. The highest BCUT2D eigenvalue weighted by Crippen LogP contribution is 2.56. The molecule has 0 aromatic heterocycles. The van der Waals surface area contributed by atoms with E-state index in [-0.39, 0.29) is 38.9 Å². The van der Waals surface area contributed by atoms with E-state index in [9.17, 15) is 10.2 Å². The van der Waals surface area contributed by atoms with E-state index in [1.54, 1.807) is 12.5 Å². The SMILES string of the molecule is C.C.C=COCC1(COC=C)CC2CCC1C2.OCC1(CO)CC2CCC1C2. The van der Waals surface area contributed by atoms with Crippen molar-refractivity contribution in [2.75, 3.05) is 26.4 Å². The van der Waals surface area contributed by atoms with E-state index in [2.05, 4.69) is 13.2 Å². The van der Waals surface area contributed by atoms with Crippen molar-refractivity contribution in [3.05, 3.63) is 25.7 Å². The third-order valence-electron chi connectivity index (χ3n) is 7.81. The highest BCUT2D eigenvalue weighted by atomic mass is 16.5. The molecule has 0 saturated heterocycles. The van der Waals surface area contributed by atoms with Crippen LogP contribution in [0.5, 0.6) is 0 Å². The van der Waals surface area contributed by atoms with Gasteiger partial charge in [0.15, 0.2) is 0 Å². The minimum Gasteiger partial charge on any atom is -0.501 e. The molecule has 2 N–H and O–H groups in total. The van der Waals surface area contributed by atoms with Crippen LogP contribution in [0.15, 0.2) is 25.7 Å². The van der Waals surface area contributed by atoms with Gasteiger partial charge in [0, 0.05) is 10.8 Å². The van der Waals surface area contributed by atoms with Crippen LogP contribution in [0.1, 0.15) is 66.2 Å². The Morgan fingerprint density at radius 2 is 1.18 bits per heavy atom. The van der Waals surface area contributed by atoms with E-state index in [0.29, 0.717) is 5.92 Å². The van der Waals surface area contributed by atoms with Crippen molar-refractivity contribution in [1.29, 1.82) is 0 Å². The van der Waals surface area contributed by atoms with Crippen LogP contribution in [-0.2, 0) is 9.47 Å². The number of fused-ring (bicyclic) bond motifs is 4. The molecule has 0 heterocycles. The molecular weight excluding hydrogens is 352 g/mol. The third kappa shape index (κ3) is 4.76. The fraction of sp³-hybridized carbons (Fsp3) is 0.833. The van der Waals surface area contributed by atoms with Crippen LogP contribution in [0.25, 0.3) is 0 Å². The van der Waals surface area contributed by atoms with Gasteiger partial charge in [-0.05, 0) is 62.2 Å². The van der Waals surface area contributed by atoms with Crippen LogP contribution in [0.2, 0.25) is 0 Å². The highest BCUT2D eigenvalue weighted by Gasteiger charge is 2.52. The largest absolute Gasteiger partial charge is 0.501 e. The van der Waals surface area contributed by atoms with E-state index >= 15 is 0 Å². The quantitative estimate of drug-likeness (QED) is 0.556.